The number of hydrazone groups is 1. The van der Waals surface area contributed by atoms with Crippen molar-refractivity contribution in [3.63, 3.8) is 0 Å². The van der Waals surface area contributed by atoms with Gasteiger partial charge in [-0.3, -0.25) is 4.79 Å². The number of hydrogen-bond acceptors (Lipinski definition) is 3. The van der Waals surface area contributed by atoms with Crippen LogP contribution < -0.4 is 5.43 Å². The quantitative estimate of drug-likeness (QED) is 0.584. The maximum absolute atomic E-state index is 12.6. The Hall–Kier alpha value is -3.21. The molecule has 0 bridgehead atoms. The van der Waals surface area contributed by atoms with Gasteiger partial charge in [0.05, 0.1) is 12.0 Å². The zero-order chi connectivity index (χ0) is 17.8. The lowest BCUT2D eigenvalue weighted by molar-refractivity contribution is -0.125. The number of hydrogen-bond donors (Lipinski definition) is 1. The summed E-state index contributed by atoms with van der Waals surface area (Å²) in [6.07, 6.45) is 5.16. The van der Waals surface area contributed by atoms with Gasteiger partial charge in [-0.2, -0.15) is 5.10 Å². The lowest BCUT2D eigenvalue weighted by atomic mass is 9.96. The summed E-state index contributed by atoms with van der Waals surface area (Å²) in [7, 11) is 0. The first-order valence-corrected chi connectivity index (χ1v) is 8.78. The zero-order valence-electron chi connectivity index (χ0n) is 14.4. The van der Waals surface area contributed by atoms with Crippen molar-refractivity contribution in [2.75, 3.05) is 0 Å². The van der Waals surface area contributed by atoms with Gasteiger partial charge in [-0.15, -0.1) is 0 Å². The largest absolute Gasteiger partial charge is 0.335 e. The van der Waals surface area contributed by atoms with Gasteiger partial charge in [0.1, 0.15) is 0 Å². The fourth-order valence-electron chi connectivity index (χ4n) is 3.28. The number of aryl methyl sites for hydroxylation is 1. The highest BCUT2D eigenvalue weighted by Gasteiger charge is 2.24. The molecule has 0 unspecified atom stereocenters. The van der Waals surface area contributed by atoms with Crippen LogP contribution in [-0.4, -0.2) is 21.2 Å². The van der Waals surface area contributed by atoms with E-state index in [9.17, 15) is 4.79 Å². The third kappa shape index (κ3) is 3.42. The Morgan fingerprint density at radius 1 is 1.04 bits per heavy atom. The molecule has 1 aromatic heterocycles. The predicted molar refractivity (Wildman–Crippen MR) is 101 cm³/mol. The molecule has 0 spiro atoms. The summed E-state index contributed by atoms with van der Waals surface area (Å²) in [5, 5.41) is 4.48. The summed E-state index contributed by atoms with van der Waals surface area (Å²) >= 11 is 0. The van der Waals surface area contributed by atoms with Crippen LogP contribution in [0.15, 0.2) is 78.3 Å². The van der Waals surface area contributed by atoms with Crippen molar-refractivity contribution in [1.82, 2.24) is 15.0 Å². The van der Waals surface area contributed by atoms with Gasteiger partial charge in [0, 0.05) is 41.9 Å². The Morgan fingerprint density at radius 2 is 1.69 bits per heavy atom. The minimum atomic E-state index is -0.0734. The topological polar surface area (TPSA) is 59.3 Å². The van der Waals surface area contributed by atoms with Gasteiger partial charge in [-0.05, 0) is 6.42 Å². The van der Waals surface area contributed by atoms with Gasteiger partial charge in [-0.25, -0.2) is 10.4 Å². The smallest absolute Gasteiger partial charge is 0.243 e. The van der Waals surface area contributed by atoms with Crippen LogP contribution in [0.5, 0.6) is 0 Å². The number of imidazole rings is 1. The summed E-state index contributed by atoms with van der Waals surface area (Å²) in [4.78, 5) is 16.8. The number of benzene rings is 2. The second-order valence-corrected chi connectivity index (χ2v) is 6.44. The van der Waals surface area contributed by atoms with Crippen LogP contribution >= 0.6 is 0 Å². The first-order chi connectivity index (χ1) is 12.8. The SMILES string of the molecule is O=C(NN=C(c1ccccc1)c1ccccc1)[C@@H]1CCn2cncc2C1. The number of nitrogens with zero attached hydrogens (tertiary/aromatic N) is 3. The van der Waals surface area contributed by atoms with Crippen molar-refractivity contribution in [2.45, 2.75) is 19.4 Å². The van der Waals surface area contributed by atoms with Crippen LogP contribution in [0.25, 0.3) is 0 Å². The highest BCUT2D eigenvalue weighted by atomic mass is 16.2. The average molecular weight is 344 g/mol. The summed E-state index contributed by atoms with van der Waals surface area (Å²) < 4.78 is 2.10. The maximum atomic E-state index is 12.6. The van der Waals surface area contributed by atoms with E-state index in [-0.39, 0.29) is 11.8 Å². The van der Waals surface area contributed by atoms with Gasteiger partial charge in [0.15, 0.2) is 0 Å². The predicted octanol–water partition coefficient (Wildman–Crippen LogP) is 3.01. The monoisotopic (exact) mass is 344 g/mol. The molecule has 2 heterocycles. The van der Waals surface area contributed by atoms with Crippen molar-refractivity contribution in [2.24, 2.45) is 11.0 Å². The third-order valence-electron chi connectivity index (χ3n) is 4.72. The zero-order valence-corrected chi connectivity index (χ0v) is 14.4. The van der Waals surface area contributed by atoms with Gasteiger partial charge in [-0.1, -0.05) is 60.7 Å². The molecule has 0 saturated carbocycles. The summed E-state index contributed by atoms with van der Waals surface area (Å²) in [5.41, 5.74) is 6.61. The minimum absolute atomic E-state index is 0.0400. The molecule has 1 aliphatic heterocycles. The van der Waals surface area contributed by atoms with Crippen LogP contribution in [0.1, 0.15) is 23.2 Å². The van der Waals surface area contributed by atoms with Gasteiger partial charge in [0.25, 0.3) is 0 Å². The van der Waals surface area contributed by atoms with Crippen LogP contribution in [-0.2, 0) is 17.8 Å². The molecule has 0 fully saturated rings. The van der Waals surface area contributed by atoms with Crippen molar-refractivity contribution < 1.29 is 4.79 Å². The Bertz CT molecular complexity index is 874. The van der Waals surface area contributed by atoms with Gasteiger partial charge in [0.2, 0.25) is 5.91 Å². The fourth-order valence-corrected chi connectivity index (χ4v) is 3.28. The molecule has 0 radical (unpaired) electrons. The molecular formula is C21H20N4O. The number of nitrogens with one attached hydrogen (secondary N) is 1. The molecule has 1 atom stereocenters. The molecular weight excluding hydrogens is 324 g/mol. The Morgan fingerprint density at radius 3 is 2.35 bits per heavy atom. The molecule has 4 rings (SSSR count). The molecule has 5 heteroatoms. The van der Waals surface area contributed by atoms with E-state index in [4.69, 9.17) is 0 Å². The Balaban J connectivity index is 1.55. The molecule has 3 aromatic rings. The van der Waals surface area contributed by atoms with E-state index in [2.05, 4.69) is 20.1 Å². The number of carbonyl (C=O) groups excluding carboxylic acids is 1. The molecule has 0 saturated heterocycles. The first-order valence-electron chi connectivity index (χ1n) is 8.78. The van der Waals surface area contributed by atoms with Crippen LogP contribution in [0.4, 0.5) is 0 Å². The minimum Gasteiger partial charge on any atom is -0.335 e. The first kappa shape index (κ1) is 16.3. The van der Waals surface area contributed by atoms with Crippen molar-refractivity contribution in [1.29, 1.82) is 0 Å². The fraction of sp³-hybridized carbons (Fsp3) is 0.190. The van der Waals surface area contributed by atoms with E-state index in [0.29, 0.717) is 6.42 Å². The van der Waals surface area contributed by atoms with Gasteiger partial charge < -0.3 is 4.57 Å². The second kappa shape index (κ2) is 7.35. The highest BCUT2D eigenvalue weighted by molar-refractivity contribution is 6.13. The van der Waals surface area contributed by atoms with E-state index in [0.717, 1.165) is 35.5 Å². The van der Waals surface area contributed by atoms with Gasteiger partial charge >= 0.3 is 0 Å². The molecule has 0 aliphatic carbocycles. The molecule has 1 amide bonds. The molecule has 130 valence electrons. The Labute approximate surface area is 152 Å². The van der Waals surface area contributed by atoms with E-state index < -0.39 is 0 Å². The molecule has 5 nitrogen and oxygen atoms in total. The standard InChI is InChI=1S/C21H20N4O/c26-21(18-11-12-25-15-22-14-19(25)13-18)24-23-20(16-7-3-1-4-8-16)17-9-5-2-6-10-17/h1-10,14-15,18H,11-13H2,(H,24,26)/t18-/m1/s1. The highest BCUT2D eigenvalue weighted by Crippen LogP contribution is 2.20. The summed E-state index contributed by atoms with van der Waals surface area (Å²) in [6.45, 7) is 0.821. The lowest BCUT2D eigenvalue weighted by Gasteiger charge is -2.22. The molecule has 2 aromatic carbocycles. The van der Waals surface area contributed by atoms with Crippen LogP contribution in [0, 0.1) is 5.92 Å². The summed E-state index contributed by atoms with van der Waals surface area (Å²) in [5.74, 6) is -0.113. The van der Waals surface area contributed by atoms with Crippen LogP contribution in [0.2, 0.25) is 0 Å². The molecule has 1 N–H and O–H groups in total. The van der Waals surface area contributed by atoms with Crippen molar-refractivity contribution in [3.05, 3.63) is 90.0 Å². The van der Waals surface area contributed by atoms with Crippen molar-refractivity contribution in [3.8, 4) is 0 Å². The Kier molecular flexibility index (Phi) is 4.60. The molecule has 26 heavy (non-hydrogen) atoms. The summed E-state index contributed by atoms with van der Waals surface area (Å²) in [6, 6.07) is 19.8. The average Bonchev–Trinajstić information content (AvgIpc) is 3.17. The number of fused-ring (bicyclic) bond motifs is 1. The second-order valence-electron chi connectivity index (χ2n) is 6.44. The van der Waals surface area contributed by atoms with Crippen molar-refractivity contribution >= 4 is 11.6 Å². The van der Waals surface area contributed by atoms with E-state index in [1.165, 1.54) is 0 Å². The van der Waals surface area contributed by atoms with E-state index in [1.807, 2.05) is 73.2 Å². The lowest BCUT2D eigenvalue weighted by Crippen LogP contribution is -2.33. The number of carbonyl (C=O) groups is 1. The normalized spacial score (nSPS) is 15.8. The van der Waals surface area contributed by atoms with Crippen LogP contribution in [0.3, 0.4) is 0 Å². The van der Waals surface area contributed by atoms with E-state index >= 15 is 0 Å². The maximum Gasteiger partial charge on any atom is 0.243 e. The molecule has 1 aliphatic rings. The number of aromatic nitrogens is 2. The van der Waals surface area contributed by atoms with E-state index in [1.54, 1.807) is 0 Å². The third-order valence-corrected chi connectivity index (χ3v) is 4.72. The number of rotatable bonds is 4. The number of amides is 1.